The summed E-state index contributed by atoms with van der Waals surface area (Å²) in [6.45, 7) is 3.97. The van der Waals surface area contributed by atoms with Gasteiger partial charge in [0.25, 0.3) is 5.91 Å². The lowest BCUT2D eigenvalue weighted by atomic mass is 10.2. The first-order valence-electron chi connectivity index (χ1n) is 7.34. The number of rotatable bonds is 2. The number of anilines is 3. The van der Waals surface area contributed by atoms with Gasteiger partial charge in [0, 0.05) is 17.9 Å². The third-order valence-corrected chi connectivity index (χ3v) is 3.69. The quantitative estimate of drug-likeness (QED) is 0.923. The molecule has 1 heterocycles. The number of nitrogens with zero attached hydrogens (tertiary/aromatic N) is 2. The maximum Gasteiger partial charge on any atom is 0.275 e. The lowest BCUT2D eigenvalue weighted by Crippen LogP contribution is -2.39. The Kier molecular flexibility index (Phi) is 3.59. The number of para-hydroxylation sites is 3. The SMILES string of the molecule is CC(C)N1C(=O)C(N)=CN(c2ccccc2)c2ccccc21. The van der Waals surface area contributed by atoms with Crippen molar-refractivity contribution >= 4 is 23.0 Å². The zero-order valence-electron chi connectivity index (χ0n) is 12.7. The molecule has 0 aliphatic carbocycles. The van der Waals surface area contributed by atoms with E-state index >= 15 is 0 Å². The van der Waals surface area contributed by atoms with Gasteiger partial charge in [-0.25, -0.2) is 0 Å². The highest BCUT2D eigenvalue weighted by Gasteiger charge is 2.28. The summed E-state index contributed by atoms with van der Waals surface area (Å²) in [6, 6.07) is 17.8. The lowest BCUT2D eigenvalue weighted by molar-refractivity contribution is -0.115. The minimum Gasteiger partial charge on any atom is -0.393 e. The van der Waals surface area contributed by atoms with Gasteiger partial charge in [0.15, 0.2) is 0 Å². The molecule has 2 N–H and O–H groups in total. The number of hydrogen-bond donors (Lipinski definition) is 1. The number of fused-ring (bicyclic) bond motifs is 1. The molecule has 0 spiro atoms. The summed E-state index contributed by atoms with van der Waals surface area (Å²) in [5, 5.41) is 0. The van der Waals surface area contributed by atoms with Gasteiger partial charge in [-0.2, -0.15) is 0 Å². The summed E-state index contributed by atoms with van der Waals surface area (Å²) in [5.74, 6) is -0.166. The van der Waals surface area contributed by atoms with Crippen molar-refractivity contribution in [3.05, 3.63) is 66.5 Å². The van der Waals surface area contributed by atoms with Crippen LogP contribution in [0.5, 0.6) is 0 Å². The molecule has 0 unspecified atom stereocenters. The monoisotopic (exact) mass is 293 g/mol. The van der Waals surface area contributed by atoms with Gasteiger partial charge in [0.1, 0.15) is 5.70 Å². The molecule has 112 valence electrons. The number of nitrogens with two attached hydrogens (primary N) is 1. The standard InChI is InChI=1S/C18H19N3O/c1-13(2)21-17-11-7-6-10-16(17)20(12-15(19)18(21)22)14-8-4-3-5-9-14/h3-13H,19H2,1-2H3. The number of benzene rings is 2. The van der Waals surface area contributed by atoms with Crippen molar-refractivity contribution in [2.24, 2.45) is 5.73 Å². The van der Waals surface area contributed by atoms with Gasteiger partial charge >= 0.3 is 0 Å². The summed E-state index contributed by atoms with van der Waals surface area (Å²) in [6.07, 6.45) is 1.71. The predicted molar refractivity (Wildman–Crippen MR) is 89.9 cm³/mol. The molecule has 22 heavy (non-hydrogen) atoms. The van der Waals surface area contributed by atoms with Crippen LogP contribution in [0, 0.1) is 0 Å². The molecular weight excluding hydrogens is 274 g/mol. The highest BCUT2D eigenvalue weighted by atomic mass is 16.2. The minimum atomic E-state index is -0.166. The normalized spacial score (nSPS) is 14.7. The fraction of sp³-hybridized carbons (Fsp3) is 0.167. The van der Waals surface area contributed by atoms with Crippen molar-refractivity contribution < 1.29 is 4.79 Å². The van der Waals surface area contributed by atoms with Crippen molar-refractivity contribution in [3.8, 4) is 0 Å². The third-order valence-electron chi connectivity index (χ3n) is 3.69. The molecular formula is C18H19N3O. The number of hydrogen-bond acceptors (Lipinski definition) is 3. The van der Waals surface area contributed by atoms with Gasteiger partial charge in [0.05, 0.1) is 11.4 Å². The zero-order valence-corrected chi connectivity index (χ0v) is 12.7. The van der Waals surface area contributed by atoms with E-state index in [9.17, 15) is 4.79 Å². The first kappa shape index (κ1) is 14.2. The van der Waals surface area contributed by atoms with Crippen molar-refractivity contribution in [3.63, 3.8) is 0 Å². The Morgan fingerprint density at radius 1 is 0.909 bits per heavy atom. The second-order valence-electron chi connectivity index (χ2n) is 5.55. The maximum atomic E-state index is 12.6. The van der Waals surface area contributed by atoms with E-state index in [-0.39, 0.29) is 17.6 Å². The van der Waals surface area contributed by atoms with Crippen molar-refractivity contribution in [2.45, 2.75) is 19.9 Å². The average molecular weight is 293 g/mol. The van der Waals surface area contributed by atoms with Gasteiger partial charge in [0.2, 0.25) is 0 Å². The summed E-state index contributed by atoms with van der Waals surface area (Å²) in [5.41, 5.74) is 9.05. The molecule has 0 atom stereocenters. The molecule has 4 nitrogen and oxygen atoms in total. The largest absolute Gasteiger partial charge is 0.393 e. The highest BCUT2D eigenvalue weighted by Crippen LogP contribution is 2.38. The van der Waals surface area contributed by atoms with E-state index in [0.717, 1.165) is 17.1 Å². The average Bonchev–Trinajstić information content (AvgIpc) is 2.64. The zero-order chi connectivity index (χ0) is 15.7. The van der Waals surface area contributed by atoms with E-state index in [1.165, 1.54) is 0 Å². The molecule has 0 aromatic heterocycles. The van der Waals surface area contributed by atoms with Crippen molar-refractivity contribution in [1.82, 2.24) is 0 Å². The van der Waals surface area contributed by atoms with E-state index in [4.69, 9.17) is 5.73 Å². The molecule has 1 amide bonds. The fourth-order valence-electron chi connectivity index (χ4n) is 2.70. The van der Waals surface area contributed by atoms with Crippen molar-refractivity contribution in [2.75, 3.05) is 9.80 Å². The Morgan fingerprint density at radius 2 is 1.50 bits per heavy atom. The summed E-state index contributed by atoms with van der Waals surface area (Å²) < 4.78 is 0. The van der Waals surface area contributed by atoms with Gasteiger partial charge < -0.3 is 15.5 Å². The summed E-state index contributed by atoms with van der Waals surface area (Å²) in [4.78, 5) is 16.3. The van der Waals surface area contributed by atoms with E-state index in [1.807, 2.05) is 73.3 Å². The van der Waals surface area contributed by atoms with Crippen LogP contribution < -0.4 is 15.5 Å². The van der Waals surface area contributed by atoms with E-state index in [1.54, 1.807) is 11.1 Å². The van der Waals surface area contributed by atoms with Crippen LogP contribution in [-0.4, -0.2) is 11.9 Å². The molecule has 1 aliphatic heterocycles. The third kappa shape index (κ3) is 2.33. The van der Waals surface area contributed by atoms with Crippen LogP contribution in [0.2, 0.25) is 0 Å². The first-order valence-corrected chi connectivity index (χ1v) is 7.34. The number of carbonyl (C=O) groups excluding carboxylic acids is 1. The van der Waals surface area contributed by atoms with Gasteiger partial charge in [-0.15, -0.1) is 0 Å². The minimum absolute atomic E-state index is 0.0244. The predicted octanol–water partition coefficient (Wildman–Crippen LogP) is 3.38. The molecule has 2 aromatic carbocycles. The molecule has 3 rings (SSSR count). The van der Waals surface area contributed by atoms with E-state index < -0.39 is 0 Å². The van der Waals surface area contributed by atoms with Gasteiger partial charge in [-0.3, -0.25) is 4.79 Å². The van der Waals surface area contributed by atoms with Crippen LogP contribution >= 0.6 is 0 Å². The van der Waals surface area contributed by atoms with Crippen LogP contribution in [0.4, 0.5) is 17.1 Å². The Bertz CT molecular complexity index is 722. The topological polar surface area (TPSA) is 49.6 Å². The highest BCUT2D eigenvalue weighted by molar-refractivity contribution is 6.09. The second-order valence-corrected chi connectivity index (χ2v) is 5.55. The van der Waals surface area contributed by atoms with Crippen LogP contribution in [0.3, 0.4) is 0 Å². The maximum absolute atomic E-state index is 12.6. The van der Waals surface area contributed by atoms with Gasteiger partial charge in [-0.1, -0.05) is 30.3 Å². The molecule has 0 saturated carbocycles. The van der Waals surface area contributed by atoms with E-state index in [2.05, 4.69) is 0 Å². The van der Waals surface area contributed by atoms with Crippen molar-refractivity contribution in [1.29, 1.82) is 0 Å². The Hall–Kier alpha value is -2.75. The van der Waals surface area contributed by atoms with E-state index in [0.29, 0.717) is 0 Å². The Morgan fingerprint density at radius 3 is 2.14 bits per heavy atom. The van der Waals surface area contributed by atoms with Crippen LogP contribution in [0.1, 0.15) is 13.8 Å². The molecule has 0 fully saturated rings. The summed E-state index contributed by atoms with van der Waals surface area (Å²) in [7, 11) is 0. The summed E-state index contributed by atoms with van der Waals surface area (Å²) >= 11 is 0. The molecule has 0 bridgehead atoms. The van der Waals surface area contributed by atoms with Crippen LogP contribution in [0.25, 0.3) is 0 Å². The molecule has 4 heteroatoms. The molecule has 1 aliphatic rings. The Labute approximate surface area is 130 Å². The molecule has 0 radical (unpaired) electrons. The number of carbonyl (C=O) groups is 1. The smallest absolute Gasteiger partial charge is 0.275 e. The number of amides is 1. The molecule has 0 saturated heterocycles. The fourth-order valence-corrected chi connectivity index (χ4v) is 2.70. The van der Waals surface area contributed by atoms with Crippen LogP contribution in [-0.2, 0) is 4.79 Å². The lowest BCUT2D eigenvalue weighted by Gasteiger charge is -2.28. The Balaban J connectivity index is 2.23. The first-order chi connectivity index (χ1) is 10.6. The second kappa shape index (κ2) is 5.56. The molecule has 2 aromatic rings. The van der Waals surface area contributed by atoms with Crippen LogP contribution in [0.15, 0.2) is 66.5 Å². The van der Waals surface area contributed by atoms with Gasteiger partial charge in [-0.05, 0) is 38.1 Å².